The van der Waals surface area contributed by atoms with Gasteiger partial charge in [0.15, 0.2) is 0 Å². The fourth-order valence-electron chi connectivity index (χ4n) is 3.23. The highest BCUT2D eigenvalue weighted by Crippen LogP contribution is 2.37. The summed E-state index contributed by atoms with van der Waals surface area (Å²) in [7, 11) is -0.358. The van der Waals surface area contributed by atoms with Crippen molar-refractivity contribution in [1.29, 1.82) is 0 Å². The quantitative estimate of drug-likeness (QED) is 0.636. The van der Waals surface area contributed by atoms with E-state index in [0.29, 0.717) is 0 Å². The number of fused-ring (bicyclic) bond motifs is 1. The van der Waals surface area contributed by atoms with Gasteiger partial charge < -0.3 is 13.7 Å². The third-order valence-electron chi connectivity index (χ3n) is 5.52. The van der Waals surface area contributed by atoms with Crippen LogP contribution < -0.4 is 5.46 Å². The summed E-state index contributed by atoms with van der Waals surface area (Å²) in [5.41, 5.74) is 3.46. The predicted octanol–water partition coefficient (Wildman–Crippen LogP) is 4.71. The molecule has 0 amide bonds. The Morgan fingerprint density at radius 1 is 0.840 bits per heavy atom. The van der Waals surface area contributed by atoms with Crippen LogP contribution in [0, 0.1) is 6.92 Å². The normalized spacial score (nSPS) is 18.8. The molecule has 0 bridgehead atoms. The molecule has 1 aromatic heterocycles. The van der Waals surface area contributed by atoms with Crippen molar-refractivity contribution < 1.29 is 13.7 Å². The molecule has 128 valence electrons. The summed E-state index contributed by atoms with van der Waals surface area (Å²) in [5.74, 6) is 0.918. The second kappa shape index (κ2) is 5.48. The lowest BCUT2D eigenvalue weighted by Crippen LogP contribution is -2.41. The number of benzene rings is 2. The van der Waals surface area contributed by atoms with E-state index < -0.39 is 0 Å². The summed E-state index contributed by atoms with van der Waals surface area (Å²) in [6.45, 7) is 10.4. The van der Waals surface area contributed by atoms with Crippen LogP contribution in [0.1, 0.15) is 33.3 Å². The average molecular weight is 334 g/mol. The molecule has 1 aliphatic heterocycles. The van der Waals surface area contributed by atoms with E-state index in [1.165, 1.54) is 0 Å². The van der Waals surface area contributed by atoms with Crippen LogP contribution in [0.4, 0.5) is 0 Å². The van der Waals surface area contributed by atoms with E-state index in [1.54, 1.807) is 0 Å². The van der Waals surface area contributed by atoms with Crippen molar-refractivity contribution in [3.63, 3.8) is 0 Å². The largest absolute Gasteiger partial charge is 0.494 e. The summed E-state index contributed by atoms with van der Waals surface area (Å²) < 4.78 is 18.5. The molecule has 1 fully saturated rings. The Bertz CT molecular complexity index is 909. The third-order valence-corrected chi connectivity index (χ3v) is 5.52. The van der Waals surface area contributed by atoms with Gasteiger partial charge in [0, 0.05) is 16.5 Å². The van der Waals surface area contributed by atoms with E-state index >= 15 is 0 Å². The lowest BCUT2D eigenvalue weighted by atomic mass is 9.78. The maximum absolute atomic E-state index is 6.18. The van der Waals surface area contributed by atoms with Gasteiger partial charge in [0.2, 0.25) is 0 Å². The molecule has 2 aromatic carbocycles. The smallest absolute Gasteiger partial charge is 0.456 e. The molecule has 1 saturated heterocycles. The van der Waals surface area contributed by atoms with Gasteiger partial charge in [-0.3, -0.25) is 0 Å². The zero-order valence-electron chi connectivity index (χ0n) is 15.4. The highest BCUT2D eigenvalue weighted by Gasteiger charge is 2.51. The van der Waals surface area contributed by atoms with E-state index in [2.05, 4.69) is 52.8 Å². The SMILES string of the molecule is Cc1c(-c2ccccc2)oc2ccc(B3OC(C)(C)C(C)(C)O3)cc12. The molecular formula is C21H23BO3. The molecule has 3 aromatic rings. The average Bonchev–Trinajstić information content (AvgIpc) is 3.01. The van der Waals surface area contributed by atoms with Crippen molar-refractivity contribution in [2.24, 2.45) is 0 Å². The summed E-state index contributed by atoms with van der Waals surface area (Å²) >= 11 is 0. The molecule has 0 atom stereocenters. The fourth-order valence-corrected chi connectivity index (χ4v) is 3.23. The van der Waals surface area contributed by atoms with Crippen LogP contribution in [-0.4, -0.2) is 18.3 Å². The Balaban J connectivity index is 1.76. The van der Waals surface area contributed by atoms with Crippen LogP contribution in [0.2, 0.25) is 0 Å². The fraction of sp³-hybridized carbons (Fsp3) is 0.333. The lowest BCUT2D eigenvalue weighted by molar-refractivity contribution is 0.00578. The minimum absolute atomic E-state index is 0.340. The summed E-state index contributed by atoms with van der Waals surface area (Å²) in [5, 5.41) is 1.10. The first kappa shape index (κ1) is 16.4. The van der Waals surface area contributed by atoms with Crippen molar-refractivity contribution in [3.8, 4) is 11.3 Å². The van der Waals surface area contributed by atoms with Crippen LogP contribution >= 0.6 is 0 Å². The Hall–Kier alpha value is -2.04. The minimum atomic E-state index is -0.358. The van der Waals surface area contributed by atoms with Gasteiger partial charge in [-0.2, -0.15) is 0 Å². The second-order valence-corrected chi connectivity index (χ2v) is 7.77. The molecule has 4 rings (SSSR count). The zero-order chi connectivity index (χ0) is 17.8. The molecule has 0 spiro atoms. The van der Waals surface area contributed by atoms with Gasteiger partial charge in [-0.15, -0.1) is 0 Å². The molecule has 4 heteroatoms. The van der Waals surface area contributed by atoms with Crippen LogP contribution in [0.5, 0.6) is 0 Å². The summed E-state index contributed by atoms with van der Waals surface area (Å²) in [6, 6.07) is 16.4. The standard InChI is InChI=1S/C21H23BO3/c1-14-17-13-16(22-24-20(2,3)21(4,5)25-22)11-12-18(17)23-19(14)15-9-7-6-8-10-15/h6-13H,1-5H3. The highest BCUT2D eigenvalue weighted by molar-refractivity contribution is 6.62. The molecule has 0 aliphatic carbocycles. The van der Waals surface area contributed by atoms with Gasteiger partial charge in [0.1, 0.15) is 11.3 Å². The molecule has 0 radical (unpaired) electrons. The Labute approximate surface area is 149 Å². The minimum Gasteiger partial charge on any atom is -0.456 e. The van der Waals surface area contributed by atoms with Crippen molar-refractivity contribution in [2.75, 3.05) is 0 Å². The van der Waals surface area contributed by atoms with E-state index in [4.69, 9.17) is 13.7 Å². The van der Waals surface area contributed by atoms with E-state index in [-0.39, 0.29) is 18.3 Å². The van der Waals surface area contributed by atoms with E-state index in [1.807, 2.05) is 30.3 Å². The Kier molecular flexibility index (Phi) is 3.60. The van der Waals surface area contributed by atoms with Gasteiger partial charge >= 0.3 is 7.12 Å². The first-order valence-corrected chi connectivity index (χ1v) is 8.73. The van der Waals surface area contributed by atoms with Crippen molar-refractivity contribution >= 4 is 23.6 Å². The summed E-state index contributed by atoms with van der Waals surface area (Å²) in [4.78, 5) is 0. The van der Waals surface area contributed by atoms with Crippen LogP contribution in [0.25, 0.3) is 22.3 Å². The monoisotopic (exact) mass is 334 g/mol. The van der Waals surface area contributed by atoms with Crippen LogP contribution in [0.15, 0.2) is 52.9 Å². The Morgan fingerprint density at radius 3 is 2.12 bits per heavy atom. The molecular weight excluding hydrogens is 311 g/mol. The lowest BCUT2D eigenvalue weighted by Gasteiger charge is -2.32. The topological polar surface area (TPSA) is 31.6 Å². The molecule has 1 aliphatic rings. The number of hydrogen-bond acceptors (Lipinski definition) is 3. The highest BCUT2D eigenvalue weighted by atomic mass is 16.7. The van der Waals surface area contributed by atoms with Gasteiger partial charge in [-0.05, 0) is 46.1 Å². The van der Waals surface area contributed by atoms with Crippen LogP contribution in [-0.2, 0) is 9.31 Å². The van der Waals surface area contributed by atoms with Gasteiger partial charge in [0.25, 0.3) is 0 Å². The first-order chi connectivity index (χ1) is 11.8. The van der Waals surface area contributed by atoms with Crippen molar-refractivity contribution in [2.45, 2.75) is 45.8 Å². The molecule has 2 heterocycles. The number of furan rings is 1. The third kappa shape index (κ3) is 2.61. The Morgan fingerprint density at radius 2 is 1.48 bits per heavy atom. The van der Waals surface area contributed by atoms with Crippen molar-refractivity contribution in [1.82, 2.24) is 0 Å². The molecule has 3 nitrogen and oxygen atoms in total. The molecule has 0 saturated carbocycles. The molecule has 0 unspecified atom stereocenters. The maximum atomic E-state index is 6.18. The van der Waals surface area contributed by atoms with Gasteiger partial charge in [-0.25, -0.2) is 0 Å². The van der Waals surface area contributed by atoms with Gasteiger partial charge in [0.05, 0.1) is 11.2 Å². The summed E-state index contributed by atoms with van der Waals surface area (Å²) in [6.07, 6.45) is 0. The molecule has 25 heavy (non-hydrogen) atoms. The zero-order valence-corrected chi connectivity index (χ0v) is 15.4. The van der Waals surface area contributed by atoms with E-state index in [0.717, 1.165) is 33.3 Å². The number of rotatable bonds is 2. The predicted molar refractivity (Wildman–Crippen MR) is 102 cm³/mol. The second-order valence-electron chi connectivity index (χ2n) is 7.77. The molecule has 0 N–H and O–H groups in total. The number of aryl methyl sites for hydroxylation is 1. The van der Waals surface area contributed by atoms with Crippen molar-refractivity contribution in [3.05, 3.63) is 54.1 Å². The van der Waals surface area contributed by atoms with E-state index in [9.17, 15) is 0 Å². The number of hydrogen-bond donors (Lipinski definition) is 0. The van der Waals surface area contributed by atoms with Gasteiger partial charge in [-0.1, -0.05) is 42.5 Å². The first-order valence-electron chi connectivity index (χ1n) is 8.73. The van der Waals surface area contributed by atoms with Crippen LogP contribution in [0.3, 0.4) is 0 Å². The maximum Gasteiger partial charge on any atom is 0.494 e.